The van der Waals surface area contributed by atoms with Crippen LogP contribution in [-0.4, -0.2) is 33.5 Å². The lowest BCUT2D eigenvalue weighted by molar-refractivity contribution is -0.217. The van der Waals surface area contributed by atoms with Gasteiger partial charge < -0.3 is 15.3 Å². The minimum Gasteiger partial charge on any atom is -0.481 e. The molecular weight excluding hydrogens is 424 g/mol. The van der Waals surface area contributed by atoms with Crippen LogP contribution in [0.2, 0.25) is 0 Å². The lowest BCUT2D eigenvalue weighted by atomic mass is 9.35. The number of carboxylic acids is 1. The van der Waals surface area contributed by atoms with Gasteiger partial charge in [-0.2, -0.15) is 0 Å². The summed E-state index contributed by atoms with van der Waals surface area (Å²) in [5, 5.41) is 32.3. The van der Waals surface area contributed by atoms with Crippen molar-refractivity contribution in [3.63, 3.8) is 0 Å². The SMILES string of the molecule is C[C@@H]1CC[C@]2(C(=O)O)CC[C@]3(C)C(=C2[C@H]1C)C=C[C@@H]1[C@@]2(C)C[C@@H](O)[C@@H](O)C(C)(C)[C@@H]2CC[C@]13C. The quantitative estimate of drug-likeness (QED) is 0.440. The van der Waals surface area contributed by atoms with E-state index in [2.05, 4.69) is 60.6 Å². The molecule has 5 aliphatic carbocycles. The van der Waals surface area contributed by atoms with E-state index in [0.717, 1.165) is 38.5 Å². The van der Waals surface area contributed by atoms with Crippen LogP contribution in [0.4, 0.5) is 0 Å². The Morgan fingerprint density at radius 3 is 2.29 bits per heavy atom. The number of hydrogen-bond donors (Lipinski definition) is 3. The summed E-state index contributed by atoms with van der Waals surface area (Å²) >= 11 is 0. The molecule has 3 saturated carbocycles. The van der Waals surface area contributed by atoms with E-state index in [4.69, 9.17) is 0 Å². The van der Waals surface area contributed by atoms with Gasteiger partial charge in [-0.25, -0.2) is 0 Å². The van der Waals surface area contributed by atoms with Crippen LogP contribution in [0.5, 0.6) is 0 Å². The summed E-state index contributed by atoms with van der Waals surface area (Å²) in [6.45, 7) is 16.1. The van der Waals surface area contributed by atoms with E-state index in [9.17, 15) is 20.1 Å². The molecule has 3 N–H and O–H groups in total. The van der Waals surface area contributed by atoms with Gasteiger partial charge in [0.1, 0.15) is 0 Å². The molecule has 0 bridgehead atoms. The molecule has 190 valence electrons. The van der Waals surface area contributed by atoms with Gasteiger partial charge in [-0.15, -0.1) is 0 Å². The standard InChI is InChI=1S/C30H46O4/c1-17-10-13-30(25(33)34)15-14-28(6)19(23(30)18(17)2)8-9-22-27(5)16-20(31)24(32)26(3,4)21(27)11-12-29(22,28)7/h8-9,17-18,20-22,24,31-32H,10-16H2,1-7H3,(H,33,34)/t17-,18+,20-,21+,22-,24-,27+,28-,29-,30+/m1/s1. The second kappa shape index (κ2) is 7.22. The Labute approximate surface area is 205 Å². The second-order valence-corrected chi connectivity index (χ2v) is 14.2. The Morgan fingerprint density at radius 2 is 1.65 bits per heavy atom. The third-order valence-corrected chi connectivity index (χ3v) is 12.7. The smallest absolute Gasteiger partial charge is 0.313 e. The van der Waals surface area contributed by atoms with E-state index < -0.39 is 23.6 Å². The largest absolute Gasteiger partial charge is 0.481 e. The minimum absolute atomic E-state index is 0.00149. The molecule has 10 atom stereocenters. The van der Waals surface area contributed by atoms with E-state index in [0.29, 0.717) is 24.2 Å². The summed E-state index contributed by atoms with van der Waals surface area (Å²) in [6, 6.07) is 0. The average molecular weight is 471 g/mol. The molecule has 5 rings (SSSR count). The lowest BCUT2D eigenvalue weighted by Gasteiger charge is -2.69. The molecule has 0 heterocycles. The van der Waals surface area contributed by atoms with Gasteiger partial charge in [-0.1, -0.05) is 60.6 Å². The van der Waals surface area contributed by atoms with Gasteiger partial charge in [0, 0.05) is 0 Å². The van der Waals surface area contributed by atoms with Crippen molar-refractivity contribution < 1.29 is 20.1 Å². The Morgan fingerprint density at radius 1 is 0.971 bits per heavy atom. The molecule has 0 aliphatic heterocycles. The maximum Gasteiger partial charge on any atom is 0.313 e. The third-order valence-electron chi connectivity index (χ3n) is 12.7. The van der Waals surface area contributed by atoms with E-state index in [1.54, 1.807) is 0 Å². The Bertz CT molecular complexity index is 963. The maximum absolute atomic E-state index is 12.8. The lowest BCUT2D eigenvalue weighted by Crippen LogP contribution is -2.65. The molecule has 0 unspecified atom stereocenters. The van der Waals surface area contributed by atoms with Crippen LogP contribution in [0.25, 0.3) is 0 Å². The molecule has 0 aromatic carbocycles. The molecule has 34 heavy (non-hydrogen) atoms. The van der Waals surface area contributed by atoms with Gasteiger partial charge in [0.15, 0.2) is 0 Å². The summed E-state index contributed by atoms with van der Waals surface area (Å²) in [7, 11) is 0. The normalized spacial score (nSPS) is 53.9. The molecular formula is C30H46O4. The van der Waals surface area contributed by atoms with Crippen LogP contribution >= 0.6 is 0 Å². The number of hydrogen-bond acceptors (Lipinski definition) is 3. The number of aliphatic hydroxyl groups is 2. The number of carboxylic acid groups (broad SMARTS) is 1. The Balaban J connectivity index is 1.70. The van der Waals surface area contributed by atoms with Gasteiger partial charge in [-0.3, -0.25) is 4.79 Å². The summed E-state index contributed by atoms with van der Waals surface area (Å²) in [5.74, 6) is 0.790. The Hall–Kier alpha value is -1.13. The highest BCUT2D eigenvalue weighted by Crippen LogP contribution is 2.74. The molecule has 4 nitrogen and oxygen atoms in total. The number of fused-ring (bicyclic) bond motifs is 6. The van der Waals surface area contributed by atoms with Crippen molar-refractivity contribution in [2.24, 2.45) is 50.7 Å². The Kier molecular flexibility index (Phi) is 5.21. The first-order chi connectivity index (χ1) is 15.7. The van der Waals surface area contributed by atoms with Crippen molar-refractivity contribution in [1.29, 1.82) is 0 Å². The van der Waals surface area contributed by atoms with Gasteiger partial charge in [0.25, 0.3) is 0 Å². The van der Waals surface area contributed by atoms with E-state index in [-0.39, 0.29) is 27.6 Å². The number of rotatable bonds is 1. The number of aliphatic hydroxyl groups excluding tert-OH is 2. The van der Waals surface area contributed by atoms with Crippen molar-refractivity contribution in [1.82, 2.24) is 0 Å². The van der Waals surface area contributed by atoms with Crippen LogP contribution in [-0.2, 0) is 4.79 Å². The van der Waals surface area contributed by atoms with Gasteiger partial charge >= 0.3 is 5.97 Å². The van der Waals surface area contributed by atoms with Crippen LogP contribution < -0.4 is 0 Å². The minimum atomic E-state index is -0.706. The fourth-order valence-corrected chi connectivity index (χ4v) is 10.3. The van der Waals surface area contributed by atoms with Gasteiger partial charge in [0.2, 0.25) is 0 Å². The second-order valence-electron chi connectivity index (χ2n) is 14.2. The summed E-state index contributed by atoms with van der Waals surface area (Å²) in [5.41, 5.74) is 1.32. The molecule has 0 saturated heterocycles. The van der Waals surface area contributed by atoms with Gasteiger partial charge in [0.05, 0.1) is 17.6 Å². The number of carbonyl (C=O) groups is 1. The topological polar surface area (TPSA) is 77.8 Å². The van der Waals surface area contributed by atoms with Crippen LogP contribution in [0.3, 0.4) is 0 Å². The first-order valence-corrected chi connectivity index (χ1v) is 13.7. The molecule has 0 aromatic heterocycles. The molecule has 3 fully saturated rings. The summed E-state index contributed by atoms with van der Waals surface area (Å²) < 4.78 is 0. The molecule has 5 aliphatic rings. The molecule has 0 aromatic rings. The van der Waals surface area contributed by atoms with Crippen molar-refractivity contribution in [2.75, 3.05) is 0 Å². The number of aliphatic carboxylic acids is 1. The van der Waals surface area contributed by atoms with E-state index in [1.165, 1.54) is 11.1 Å². The zero-order valence-electron chi connectivity index (χ0n) is 22.3. The molecule has 0 spiro atoms. The molecule has 4 heteroatoms. The highest BCUT2D eigenvalue weighted by atomic mass is 16.4. The first-order valence-electron chi connectivity index (χ1n) is 13.7. The van der Waals surface area contributed by atoms with Crippen molar-refractivity contribution >= 4 is 5.97 Å². The molecule has 0 radical (unpaired) electrons. The van der Waals surface area contributed by atoms with Crippen LogP contribution in [0.15, 0.2) is 23.3 Å². The highest BCUT2D eigenvalue weighted by molar-refractivity contribution is 5.80. The van der Waals surface area contributed by atoms with Gasteiger partial charge in [-0.05, 0) is 101 Å². The average Bonchev–Trinajstić information content (AvgIpc) is 2.75. The van der Waals surface area contributed by atoms with Crippen molar-refractivity contribution in [3.8, 4) is 0 Å². The first kappa shape index (κ1) is 24.6. The zero-order chi connectivity index (χ0) is 25.1. The summed E-state index contributed by atoms with van der Waals surface area (Å²) in [6.07, 6.45) is 9.47. The maximum atomic E-state index is 12.8. The van der Waals surface area contributed by atoms with Crippen LogP contribution in [0.1, 0.15) is 93.4 Å². The fourth-order valence-electron chi connectivity index (χ4n) is 10.3. The predicted octanol–water partition coefficient (Wildman–Crippen LogP) is 5.98. The fraction of sp³-hybridized carbons (Fsp3) is 0.833. The highest BCUT2D eigenvalue weighted by Gasteiger charge is 2.68. The number of allylic oxidation sites excluding steroid dienone is 3. The van der Waals surface area contributed by atoms with Crippen molar-refractivity contribution in [3.05, 3.63) is 23.3 Å². The van der Waals surface area contributed by atoms with Crippen molar-refractivity contribution in [2.45, 2.75) is 106 Å². The van der Waals surface area contributed by atoms with Crippen LogP contribution in [0, 0.1) is 50.7 Å². The summed E-state index contributed by atoms with van der Waals surface area (Å²) in [4.78, 5) is 12.8. The third kappa shape index (κ3) is 2.71. The van der Waals surface area contributed by atoms with E-state index >= 15 is 0 Å². The zero-order valence-corrected chi connectivity index (χ0v) is 22.3. The molecule has 0 amide bonds. The predicted molar refractivity (Wildman–Crippen MR) is 134 cm³/mol. The van der Waals surface area contributed by atoms with E-state index in [1.807, 2.05) is 0 Å². The monoisotopic (exact) mass is 470 g/mol.